The van der Waals surface area contributed by atoms with Crippen molar-refractivity contribution in [2.24, 2.45) is 0 Å². The van der Waals surface area contributed by atoms with E-state index < -0.39 is 15.4 Å². The van der Waals surface area contributed by atoms with Crippen molar-refractivity contribution in [1.82, 2.24) is 15.0 Å². The van der Waals surface area contributed by atoms with Crippen LogP contribution in [-0.4, -0.2) is 47.9 Å². The third-order valence-corrected chi connectivity index (χ3v) is 6.26. The van der Waals surface area contributed by atoms with Crippen LogP contribution in [0.3, 0.4) is 0 Å². The number of hydrogen-bond donors (Lipinski definition) is 1. The van der Waals surface area contributed by atoms with Crippen LogP contribution in [0.1, 0.15) is 30.1 Å². The van der Waals surface area contributed by atoms with Crippen molar-refractivity contribution in [2.45, 2.75) is 30.7 Å². The Morgan fingerprint density at radius 3 is 2.30 bits per heavy atom. The topological polar surface area (TPSA) is 96.5 Å². The van der Waals surface area contributed by atoms with Gasteiger partial charge in [-0.1, -0.05) is 59.8 Å². The molecule has 7 nitrogen and oxygen atoms in total. The van der Waals surface area contributed by atoms with Gasteiger partial charge in [0.05, 0.1) is 12.1 Å². The minimum Gasteiger partial charge on any atom is -0.385 e. The molecule has 3 aromatic rings. The Labute approximate surface area is 176 Å². The maximum Gasteiger partial charge on any atom is 0.240 e. The van der Waals surface area contributed by atoms with Crippen molar-refractivity contribution in [1.29, 1.82) is 0 Å². The van der Waals surface area contributed by atoms with Crippen molar-refractivity contribution in [3.05, 3.63) is 71.9 Å². The molecule has 1 fully saturated rings. The number of piperidine rings is 1. The maximum atomic E-state index is 11.3. The van der Waals surface area contributed by atoms with Gasteiger partial charge in [-0.3, -0.25) is 4.90 Å². The molecule has 2 aromatic carbocycles. The molecule has 4 rings (SSSR count). The fourth-order valence-corrected chi connectivity index (χ4v) is 4.40. The lowest BCUT2D eigenvalue weighted by atomic mass is 9.84. The number of aromatic nitrogens is 2. The van der Waals surface area contributed by atoms with Crippen LogP contribution in [-0.2, 0) is 27.7 Å². The molecule has 0 radical (unpaired) electrons. The highest BCUT2D eigenvalue weighted by Crippen LogP contribution is 2.34. The summed E-state index contributed by atoms with van der Waals surface area (Å²) in [4.78, 5) is 6.29. The van der Waals surface area contributed by atoms with E-state index in [1.165, 1.54) is 0 Å². The van der Waals surface area contributed by atoms with E-state index in [9.17, 15) is 13.5 Å². The highest BCUT2D eigenvalue weighted by Gasteiger charge is 2.34. The predicted octanol–water partition coefficient (Wildman–Crippen LogP) is 2.76. The minimum atomic E-state index is -3.20. The third kappa shape index (κ3) is 4.95. The summed E-state index contributed by atoms with van der Waals surface area (Å²) in [5, 5.41) is 14.9. The monoisotopic (exact) mass is 427 g/mol. The van der Waals surface area contributed by atoms with Gasteiger partial charge in [-0.05, 0) is 29.5 Å². The Morgan fingerprint density at radius 1 is 1.03 bits per heavy atom. The molecule has 0 spiro atoms. The van der Waals surface area contributed by atoms with Crippen molar-refractivity contribution in [3.63, 3.8) is 0 Å². The second-order valence-electron chi connectivity index (χ2n) is 7.93. The number of hydrogen-bond acceptors (Lipinski definition) is 7. The van der Waals surface area contributed by atoms with E-state index in [0.717, 1.165) is 22.9 Å². The first-order valence-electron chi connectivity index (χ1n) is 9.91. The number of benzene rings is 2. The van der Waals surface area contributed by atoms with Gasteiger partial charge in [0, 0.05) is 19.3 Å². The number of rotatable bonds is 6. The van der Waals surface area contributed by atoms with Crippen LogP contribution in [0.5, 0.6) is 0 Å². The highest BCUT2D eigenvalue weighted by atomic mass is 32.2. The number of likely N-dealkylation sites (tertiary alicyclic amines) is 1. The summed E-state index contributed by atoms with van der Waals surface area (Å²) in [6, 6.07) is 18.3. The first-order chi connectivity index (χ1) is 14.3. The Bertz CT molecular complexity index is 1090. The molecule has 1 aromatic heterocycles. The number of nitrogens with zero attached hydrogens (tertiary/aromatic N) is 3. The van der Waals surface area contributed by atoms with E-state index in [1.54, 1.807) is 0 Å². The molecule has 0 amide bonds. The molecule has 0 saturated carbocycles. The van der Waals surface area contributed by atoms with Crippen LogP contribution >= 0.6 is 0 Å². The highest BCUT2D eigenvalue weighted by molar-refractivity contribution is 7.89. The maximum absolute atomic E-state index is 11.3. The Hall–Kier alpha value is -2.55. The van der Waals surface area contributed by atoms with E-state index in [1.807, 2.05) is 30.3 Å². The molecule has 0 atom stereocenters. The van der Waals surface area contributed by atoms with Crippen LogP contribution in [0, 0.1) is 0 Å². The summed E-state index contributed by atoms with van der Waals surface area (Å²) in [6.45, 7) is 1.81. The zero-order valence-corrected chi connectivity index (χ0v) is 17.7. The van der Waals surface area contributed by atoms with Gasteiger partial charge in [-0.2, -0.15) is 4.98 Å². The van der Waals surface area contributed by atoms with E-state index >= 15 is 0 Å². The lowest BCUT2D eigenvalue weighted by molar-refractivity contribution is -0.0295. The SMILES string of the molecule is CS(=O)(=O)Cc1noc(CN2CCC(O)(c3ccc(-c4ccccc4)cc3)CC2)n1. The largest absolute Gasteiger partial charge is 0.385 e. The van der Waals surface area contributed by atoms with Crippen LogP contribution < -0.4 is 0 Å². The smallest absolute Gasteiger partial charge is 0.240 e. The molecule has 0 bridgehead atoms. The Morgan fingerprint density at radius 2 is 1.67 bits per heavy atom. The fraction of sp³-hybridized carbons (Fsp3) is 0.364. The quantitative estimate of drug-likeness (QED) is 0.646. The summed E-state index contributed by atoms with van der Waals surface area (Å²) in [5.41, 5.74) is 2.35. The molecule has 2 heterocycles. The Kier molecular flexibility index (Phi) is 5.73. The summed E-state index contributed by atoms with van der Waals surface area (Å²) in [5.74, 6) is 0.348. The zero-order valence-electron chi connectivity index (χ0n) is 16.9. The summed E-state index contributed by atoms with van der Waals surface area (Å²) in [6.07, 6.45) is 2.34. The third-order valence-electron chi connectivity index (χ3n) is 5.47. The first kappa shape index (κ1) is 20.7. The summed E-state index contributed by atoms with van der Waals surface area (Å²) in [7, 11) is -3.20. The van der Waals surface area contributed by atoms with Crippen molar-refractivity contribution >= 4 is 9.84 Å². The van der Waals surface area contributed by atoms with Gasteiger partial charge in [0.2, 0.25) is 5.89 Å². The molecule has 1 saturated heterocycles. The standard InChI is InChI=1S/C22H25N3O4S/c1-30(27,28)16-20-23-21(29-24-20)15-25-13-11-22(26,12-14-25)19-9-7-18(8-10-19)17-5-3-2-4-6-17/h2-10,26H,11-16H2,1H3. The number of sulfone groups is 1. The fourth-order valence-electron chi connectivity index (χ4n) is 3.81. The van der Waals surface area contributed by atoms with E-state index in [4.69, 9.17) is 4.52 Å². The molecule has 0 unspecified atom stereocenters. The van der Waals surface area contributed by atoms with E-state index in [-0.39, 0.29) is 11.6 Å². The summed E-state index contributed by atoms with van der Waals surface area (Å²) >= 11 is 0. The molecule has 1 aliphatic rings. The van der Waals surface area contributed by atoms with Crippen LogP contribution in [0.4, 0.5) is 0 Å². The second-order valence-corrected chi connectivity index (χ2v) is 10.1. The van der Waals surface area contributed by atoms with Crippen molar-refractivity contribution < 1.29 is 18.0 Å². The molecule has 158 valence electrons. The lowest BCUT2D eigenvalue weighted by Crippen LogP contribution is -2.42. The molecule has 8 heteroatoms. The average molecular weight is 428 g/mol. The molecule has 1 N–H and O–H groups in total. The Balaban J connectivity index is 1.36. The van der Waals surface area contributed by atoms with E-state index in [2.05, 4.69) is 39.3 Å². The van der Waals surface area contributed by atoms with Gasteiger partial charge in [-0.15, -0.1) is 0 Å². The zero-order chi connectivity index (χ0) is 21.2. The molecular formula is C22H25N3O4S. The average Bonchev–Trinajstić information content (AvgIpc) is 3.15. The minimum absolute atomic E-state index is 0.180. The molecule has 0 aliphatic carbocycles. The van der Waals surface area contributed by atoms with Gasteiger partial charge < -0.3 is 9.63 Å². The van der Waals surface area contributed by atoms with Gasteiger partial charge in [0.15, 0.2) is 15.7 Å². The second kappa shape index (κ2) is 8.29. The van der Waals surface area contributed by atoms with Crippen molar-refractivity contribution in [2.75, 3.05) is 19.3 Å². The van der Waals surface area contributed by atoms with Gasteiger partial charge in [0.1, 0.15) is 5.75 Å². The lowest BCUT2D eigenvalue weighted by Gasteiger charge is -2.38. The first-order valence-corrected chi connectivity index (χ1v) is 12.0. The van der Waals surface area contributed by atoms with Crippen LogP contribution in [0.2, 0.25) is 0 Å². The summed E-state index contributed by atoms with van der Waals surface area (Å²) < 4.78 is 27.9. The van der Waals surface area contributed by atoms with Crippen LogP contribution in [0.25, 0.3) is 11.1 Å². The van der Waals surface area contributed by atoms with Crippen LogP contribution in [0.15, 0.2) is 59.1 Å². The number of aliphatic hydroxyl groups is 1. The van der Waals surface area contributed by atoms with Gasteiger partial charge in [-0.25, -0.2) is 8.42 Å². The van der Waals surface area contributed by atoms with Crippen molar-refractivity contribution in [3.8, 4) is 11.1 Å². The molecule has 1 aliphatic heterocycles. The molecule has 30 heavy (non-hydrogen) atoms. The molecular weight excluding hydrogens is 402 g/mol. The predicted molar refractivity (Wildman–Crippen MR) is 113 cm³/mol. The van der Waals surface area contributed by atoms with E-state index in [0.29, 0.717) is 38.4 Å². The van der Waals surface area contributed by atoms with Gasteiger partial charge in [0.25, 0.3) is 0 Å². The van der Waals surface area contributed by atoms with Gasteiger partial charge >= 0.3 is 0 Å². The normalized spacial score (nSPS) is 17.1.